The first-order chi connectivity index (χ1) is 13.1. The SMILES string of the molecule is O=C(CCN1C(=O)/C(=C/c2cccs2)SC1=S)Nc1ccc2c(c1)OCO2. The van der Waals surface area contributed by atoms with Crippen LogP contribution in [0, 0.1) is 0 Å². The second-order valence-electron chi connectivity index (χ2n) is 5.71. The Bertz CT molecular complexity index is 940. The van der Waals surface area contributed by atoms with Gasteiger partial charge in [-0.1, -0.05) is 30.0 Å². The first-order valence-electron chi connectivity index (χ1n) is 8.08. The molecule has 6 nitrogen and oxygen atoms in total. The van der Waals surface area contributed by atoms with E-state index in [1.807, 2.05) is 23.6 Å². The minimum atomic E-state index is -0.204. The van der Waals surface area contributed by atoms with Crippen LogP contribution >= 0.6 is 35.3 Å². The molecule has 2 aliphatic rings. The molecule has 0 unspecified atom stereocenters. The third-order valence-electron chi connectivity index (χ3n) is 3.91. The van der Waals surface area contributed by atoms with Crippen molar-refractivity contribution in [3.63, 3.8) is 0 Å². The Hall–Kier alpha value is -2.36. The smallest absolute Gasteiger partial charge is 0.266 e. The van der Waals surface area contributed by atoms with E-state index in [9.17, 15) is 9.59 Å². The van der Waals surface area contributed by atoms with Crippen LogP contribution in [0.25, 0.3) is 6.08 Å². The highest BCUT2D eigenvalue weighted by Gasteiger charge is 2.32. The Kier molecular flexibility index (Phi) is 5.15. The average Bonchev–Trinajstić information content (AvgIpc) is 3.36. The molecule has 2 aliphatic heterocycles. The third-order valence-corrected chi connectivity index (χ3v) is 6.11. The van der Waals surface area contributed by atoms with Gasteiger partial charge in [0.05, 0.1) is 4.91 Å². The molecule has 27 heavy (non-hydrogen) atoms. The summed E-state index contributed by atoms with van der Waals surface area (Å²) in [4.78, 5) is 27.8. The summed E-state index contributed by atoms with van der Waals surface area (Å²) < 4.78 is 11.0. The first-order valence-corrected chi connectivity index (χ1v) is 10.2. The largest absolute Gasteiger partial charge is 0.454 e. The normalized spacial score (nSPS) is 17.0. The molecule has 2 aromatic rings. The molecule has 0 saturated carbocycles. The molecule has 4 rings (SSSR count). The maximum absolute atomic E-state index is 12.5. The zero-order valence-corrected chi connectivity index (χ0v) is 16.4. The van der Waals surface area contributed by atoms with E-state index in [1.165, 1.54) is 16.7 Å². The maximum Gasteiger partial charge on any atom is 0.266 e. The number of hydrogen-bond acceptors (Lipinski definition) is 7. The molecule has 1 aromatic heterocycles. The van der Waals surface area contributed by atoms with Crippen molar-refractivity contribution in [1.82, 2.24) is 4.90 Å². The van der Waals surface area contributed by atoms with Crippen molar-refractivity contribution in [2.45, 2.75) is 6.42 Å². The highest BCUT2D eigenvalue weighted by atomic mass is 32.2. The van der Waals surface area contributed by atoms with Gasteiger partial charge in [-0.05, 0) is 29.7 Å². The number of hydrogen-bond donors (Lipinski definition) is 1. The summed E-state index contributed by atoms with van der Waals surface area (Å²) in [6.45, 7) is 0.420. The maximum atomic E-state index is 12.5. The van der Waals surface area contributed by atoms with Crippen LogP contribution in [-0.2, 0) is 9.59 Å². The number of anilines is 1. The van der Waals surface area contributed by atoms with Crippen LogP contribution in [0.4, 0.5) is 5.69 Å². The minimum Gasteiger partial charge on any atom is -0.454 e. The van der Waals surface area contributed by atoms with Gasteiger partial charge in [-0.25, -0.2) is 0 Å². The Morgan fingerprint density at radius 2 is 2.15 bits per heavy atom. The number of carbonyl (C=O) groups is 2. The van der Waals surface area contributed by atoms with Gasteiger partial charge in [0.2, 0.25) is 12.7 Å². The highest BCUT2D eigenvalue weighted by molar-refractivity contribution is 8.26. The molecular weight excluding hydrogens is 404 g/mol. The van der Waals surface area contributed by atoms with Gasteiger partial charge < -0.3 is 14.8 Å². The molecular formula is C18H14N2O4S3. The number of fused-ring (bicyclic) bond motifs is 1. The number of benzene rings is 1. The van der Waals surface area contributed by atoms with Crippen LogP contribution in [0.1, 0.15) is 11.3 Å². The number of thiocarbonyl (C=S) groups is 1. The van der Waals surface area contributed by atoms with Gasteiger partial charge in [0.15, 0.2) is 11.5 Å². The lowest BCUT2D eigenvalue weighted by atomic mass is 10.2. The van der Waals surface area contributed by atoms with Gasteiger partial charge in [0, 0.05) is 29.6 Å². The summed E-state index contributed by atoms with van der Waals surface area (Å²) in [7, 11) is 0. The Balaban J connectivity index is 1.35. The minimum absolute atomic E-state index is 0.146. The van der Waals surface area contributed by atoms with Crippen LogP contribution in [0.5, 0.6) is 11.5 Å². The van der Waals surface area contributed by atoms with Gasteiger partial charge in [-0.2, -0.15) is 0 Å². The van der Waals surface area contributed by atoms with E-state index < -0.39 is 0 Å². The van der Waals surface area contributed by atoms with E-state index in [0.29, 0.717) is 26.4 Å². The van der Waals surface area contributed by atoms with Gasteiger partial charge in [-0.15, -0.1) is 11.3 Å². The molecule has 0 bridgehead atoms. The molecule has 1 N–H and O–H groups in total. The second-order valence-corrected chi connectivity index (χ2v) is 8.37. The molecule has 2 amide bonds. The van der Waals surface area contributed by atoms with Crippen molar-refractivity contribution >= 4 is 63.2 Å². The fraction of sp³-hybridized carbons (Fsp3) is 0.167. The number of carbonyl (C=O) groups excluding carboxylic acids is 2. The fourth-order valence-electron chi connectivity index (χ4n) is 2.61. The second kappa shape index (κ2) is 7.71. The topological polar surface area (TPSA) is 67.9 Å². The molecule has 1 aromatic carbocycles. The molecule has 3 heterocycles. The van der Waals surface area contributed by atoms with Crippen LogP contribution in [0.3, 0.4) is 0 Å². The van der Waals surface area contributed by atoms with Crippen molar-refractivity contribution in [3.05, 3.63) is 45.5 Å². The van der Waals surface area contributed by atoms with E-state index in [-0.39, 0.29) is 31.6 Å². The monoisotopic (exact) mass is 418 g/mol. The number of ether oxygens (including phenoxy) is 2. The average molecular weight is 419 g/mol. The summed E-state index contributed by atoms with van der Waals surface area (Å²) in [5.74, 6) is 0.894. The molecule has 0 radical (unpaired) electrons. The van der Waals surface area contributed by atoms with E-state index in [2.05, 4.69) is 5.32 Å². The summed E-state index contributed by atoms with van der Waals surface area (Å²) in [5, 5.41) is 4.75. The Labute approximate surface area is 169 Å². The zero-order valence-electron chi connectivity index (χ0n) is 14.0. The van der Waals surface area contributed by atoms with Crippen molar-refractivity contribution in [3.8, 4) is 11.5 Å². The molecule has 138 valence electrons. The zero-order chi connectivity index (χ0) is 18.8. The van der Waals surface area contributed by atoms with Crippen LogP contribution < -0.4 is 14.8 Å². The van der Waals surface area contributed by atoms with Crippen molar-refractivity contribution in [1.29, 1.82) is 0 Å². The number of rotatable bonds is 5. The summed E-state index contributed by atoms with van der Waals surface area (Å²) in [6.07, 6.45) is 1.98. The molecule has 9 heteroatoms. The number of amides is 2. The van der Waals surface area contributed by atoms with Crippen LogP contribution in [0.15, 0.2) is 40.6 Å². The number of nitrogens with one attached hydrogen (secondary N) is 1. The predicted octanol–water partition coefficient (Wildman–Crippen LogP) is 3.71. The summed E-state index contributed by atoms with van der Waals surface area (Å²) >= 11 is 8.11. The summed E-state index contributed by atoms with van der Waals surface area (Å²) in [5.41, 5.74) is 0.618. The molecule has 0 atom stereocenters. The highest BCUT2D eigenvalue weighted by Crippen LogP contribution is 2.35. The van der Waals surface area contributed by atoms with E-state index in [0.717, 1.165) is 4.88 Å². The van der Waals surface area contributed by atoms with Crippen LogP contribution in [0.2, 0.25) is 0 Å². The standard InChI is InChI=1S/C18H14N2O4S3/c21-16(19-11-3-4-13-14(8-11)24-10-23-13)5-6-20-17(22)15(27-18(20)25)9-12-2-1-7-26-12/h1-4,7-9H,5-6,10H2,(H,19,21)/b15-9-. The predicted molar refractivity (Wildman–Crippen MR) is 110 cm³/mol. The third kappa shape index (κ3) is 4.00. The van der Waals surface area contributed by atoms with E-state index in [1.54, 1.807) is 29.5 Å². The van der Waals surface area contributed by atoms with Crippen LogP contribution in [-0.4, -0.2) is 34.4 Å². The Morgan fingerprint density at radius 3 is 2.96 bits per heavy atom. The van der Waals surface area contributed by atoms with Gasteiger partial charge >= 0.3 is 0 Å². The first kappa shape index (κ1) is 18.0. The van der Waals surface area contributed by atoms with E-state index in [4.69, 9.17) is 21.7 Å². The van der Waals surface area contributed by atoms with Gasteiger partial charge in [0.25, 0.3) is 5.91 Å². The number of thiophene rings is 1. The van der Waals surface area contributed by atoms with Crippen molar-refractivity contribution in [2.24, 2.45) is 0 Å². The van der Waals surface area contributed by atoms with Gasteiger partial charge in [0.1, 0.15) is 4.32 Å². The van der Waals surface area contributed by atoms with Gasteiger partial charge in [-0.3, -0.25) is 14.5 Å². The lowest BCUT2D eigenvalue weighted by Gasteiger charge is -2.14. The van der Waals surface area contributed by atoms with Crippen molar-refractivity contribution < 1.29 is 19.1 Å². The number of thioether (sulfide) groups is 1. The molecule has 0 aliphatic carbocycles. The summed E-state index contributed by atoms with van der Waals surface area (Å²) in [6, 6.07) is 9.07. The number of nitrogens with zero attached hydrogens (tertiary/aromatic N) is 1. The molecule has 1 saturated heterocycles. The van der Waals surface area contributed by atoms with Crippen molar-refractivity contribution in [2.75, 3.05) is 18.7 Å². The Morgan fingerprint density at radius 1 is 1.30 bits per heavy atom. The lowest BCUT2D eigenvalue weighted by molar-refractivity contribution is -0.122. The lowest BCUT2D eigenvalue weighted by Crippen LogP contribution is -2.31. The molecule has 0 spiro atoms. The van der Waals surface area contributed by atoms with E-state index >= 15 is 0 Å². The fourth-order valence-corrected chi connectivity index (χ4v) is 4.64. The molecule has 1 fully saturated rings. The quantitative estimate of drug-likeness (QED) is 0.590.